The average Bonchev–Trinajstić information content (AvgIpc) is 2.40. The number of anilines is 1. The molecule has 1 rings (SSSR count). The molecule has 114 valence electrons. The van der Waals surface area contributed by atoms with Crippen LogP contribution in [0.3, 0.4) is 0 Å². The molecular formula is C13H22N2O3S2. The van der Waals surface area contributed by atoms with Gasteiger partial charge in [0, 0.05) is 16.3 Å². The van der Waals surface area contributed by atoms with Crippen LogP contribution in [0.5, 0.6) is 0 Å². The molecule has 5 nitrogen and oxygen atoms in total. The van der Waals surface area contributed by atoms with E-state index in [1.165, 1.54) is 11.8 Å². The van der Waals surface area contributed by atoms with Gasteiger partial charge in [0.2, 0.25) is 10.0 Å². The van der Waals surface area contributed by atoms with Crippen molar-refractivity contribution in [3.63, 3.8) is 0 Å². The van der Waals surface area contributed by atoms with Gasteiger partial charge in [0.25, 0.3) is 0 Å². The van der Waals surface area contributed by atoms with Crippen molar-refractivity contribution >= 4 is 27.5 Å². The molecule has 7 heteroatoms. The van der Waals surface area contributed by atoms with E-state index < -0.39 is 15.6 Å². The van der Waals surface area contributed by atoms with Gasteiger partial charge in [0.1, 0.15) is 0 Å². The van der Waals surface area contributed by atoms with Gasteiger partial charge in [-0.3, -0.25) is 0 Å². The molecule has 0 spiro atoms. The highest BCUT2D eigenvalue weighted by Crippen LogP contribution is 2.24. The molecule has 1 aromatic carbocycles. The van der Waals surface area contributed by atoms with Crippen molar-refractivity contribution in [2.45, 2.75) is 30.7 Å². The standard InChI is InChI=1S/C13H22N2O3S2/c1-3-13(2,10-16)15-20(17,18)9-8-19-12-7-5-4-6-11(12)14/h4-7,15-16H,3,8-10,14H2,1-2H3. The minimum atomic E-state index is -3.42. The topological polar surface area (TPSA) is 92.4 Å². The van der Waals surface area contributed by atoms with Gasteiger partial charge in [-0.1, -0.05) is 19.1 Å². The quantitative estimate of drug-likeness (QED) is 0.498. The summed E-state index contributed by atoms with van der Waals surface area (Å²) in [7, 11) is -3.42. The van der Waals surface area contributed by atoms with Gasteiger partial charge in [0.05, 0.1) is 17.9 Å². The number of nitrogens with two attached hydrogens (primary N) is 1. The van der Waals surface area contributed by atoms with E-state index in [-0.39, 0.29) is 12.4 Å². The van der Waals surface area contributed by atoms with Crippen molar-refractivity contribution in [2.24, 2.45) is 0 Å². The second-order valence-corrected chi connectivity index (χ2v) is 7.86. The number of nitrogens with one attached hydrogen (secondary N) is 1. The molecule has 0 amide bonds. The van der Waals surface area contributed by atoms with E-state index in [0.29, 0.717) is 17.9 Å². The maximum absolute atomic E-state index is 12.0. The number of para-hydroxylation sites is 1. The second kappa shape index (κ2) is 7.31. The lowest BCUT2D eigenvalue weighted by Gasteiger charge is -2.26. The van der Waals surface area contributed by atoms with Gasteiger partial charge in [-0.25, -0.2) is 13.1 Å². The number of sulfonamides is 1. The first-order chi connectivity index (χ1) is 9.32. The molecule has 1 aromatic rings. The molecule has 0 aliphatic heterocycles. The molecule has 0 bridgehead atoms. The van der Waals surface area contributed by atoms with E-state index in [0.717, 1.165) is 4.90 Å². The minimum Gasteiger partial charge on any atom is -0.398 e. The van der Waals surface area contributed by atoms with Gasteiger partial charge in [-0.05, 0) is 25.5 Å². The van der Waals surface area contributed by atoms with Crippen LogP contribution in [0.4, 0.5) is 5.69 Å². The molecule has 0 radical (unpaired) electrons. The van der Waals surface area contributed by atoms with Gasteiger partial charge in [-0.15, -0.1) is 11.8 Å². The fourth-order valence-electron chi connectivity index (χ4n) is 1.52. The third-order valence-corrected chi connectivity index (χ3v) is 5.95. The van der Waals surface area contributed by atoms with E-state index in [2.05, 4.69) is 4.72 Å². The van der Waals surface area contributed by atoms with Crippen molar-refractivity contribution in [2.75, 3.05) is 23.8 Å². The summed E-state index contributed by atoms with van der Waals surface area (Å²) in [5, 5.41) is 9.24. The normalized spacial score (nSPS) is 14.9. The zero-order chi connectivity index (χ0) is 15.2. The van der Waals surface area contributed by atoms with E-state index in [9.17, 15) is 13.5 Å². The Morgan fingerprint density at radius 1 is 1.40 bits per heavy atom. The summed E-state index contributed by atoms with van der Waals surface area (Å²) in [6, 6.07) is 7.36. The molecule has 4 N–H and O–H groups in total. The van der Waals surface area contributed by atoms with Crippen LogP contribution < -0.4 is 10.5 Å². The average molecular weight is 318 g/mol. The summed E-state index contributed by atoms with van der Waals surface area (Å²) in [6.45, 7) is 3.30. The Bertz CT molecular complexity index is 528. The van der Waals surface area contributed by atoms with Gasteiger partial charge in [-0.2, -0.15) is 0 Å². The third-order valence-electron chi connectivity index (χ3n) is 3.06. The predicted octanol–water partition coefficient (Wildman–Crippen LogP) is 1.44. The smallest absolute Gasteiger partial charge is 0.212 e. The predicted molar refractivity (Wildman–Crippen MR) is 84.3 cm³/mol. The van der Waals surface area contributed by atoms with Gasteiger partial charge < -0.3 is 10.8 Å². The zero-order valence-electron chi connectivity index (χ0n) is 11.8. The Balaban J connectivity index is 2.54. The molecule has 0 saturated carbocycles. The molecule has 1 unspecified atom stereocenters. The van der Waals surface area contributed by atoms with Crippen LogP contribution >= 0.6 is 11.8 Å². The molecule has 1 atom stereocenters. The van der Waals surface area contributed by atoms with Crippen LogP contribution in [0, 0.1) is 0 Å². The van der Waals surface area contributed by atoms with Crippen molar-refractivity contribution in [3.05, 3.63) is 24.3 Å². The van der Waals surface area contributed by atoms with Crippen LogP contribution in [0.1, 0.15) is 20.3 Å². The summed E-state index contributed by atoms with van der Waals surface area (Å²) >= 11 is 1.41. The van der Waals surface area contributed by atoms with Crippen molar-refractivity contribution in [1.29, 1.82) is 0 Å². The van der Waals surface area contributed by atoms with E-state index in [1.807, 2.05) is 25.1 Å². The molecular weight excluding hydrogens is 296 g/mol. The number of benzene rings is 1. The number of aliphatic hydroxyl groups excluding tert-OH is 1. The Kier molecular flexibility index (Phi) is 6.32. The van der Waals surface area contributed by atoms with Gasteiger partial charge >= 0.3 is 0 Å². The molecule has 0 aromatic heterocycles. The van der Waals surface area contributed by atoms with Crippen molar-refractivity contribution in [1.82, 2.24) is 4.72 Å². The Morgan fingerprint density at radius 2 is 2.05 bits per heavy atom. The second-order valence-electron chi connectivity index (χ2n) is 4.88. The molecule has 20 heavy (non-hydrogen) atoms. The fourth-order valence-corrected chi connectivity index (χ4v) is 4.42. The summed E-state index contributed by atoms with van der Waals surface area (Å²) in [5.41, 5.74) is 5.65. The summed E-state index contributed by atoms with van der Waals surface area (Å²) in [6.07, 6.45) is 0.529. The molecule has 0 saturated heterocycles. The van der Waals surface area contributed by atoms with Crippen molar-refractivity contribution in [3.8, 4) is 0 Å². The maximum Gasteiger partial charge on any atom is 0.212 e. The van der Waals surface area contributed by atoms with E-state index in [4.69, 9.17) is 5.73 Å². The first-order valence-corrected chi connectivity index (χ1v) is 9.05. The summed E-state index contributed by atoms with van der Waals surface area (Å²) in [4.78, 5) is 0.878. The zero-order valence-corrected chi connectivity index (χ0v) is 13.4. The lowest BCUT2D eigenvalue weighted by molar-refractivity contribution is 0.191. The Morgan fingerprint density at radius 3 is 2.60 bits per heavy atom. The Labute approximate surface area is 125 Å². The highest BCUT2D eigenvalue weighted by molar-refractivity contribution is 8.00. The highest BCUT2D eigenvalue weighted by atomic mass is 32.2. The van der Waals surface area contributed by atoms with Gasteiger partial charge in [0.15, 0.2) is 0 Å². The monoisotopic (exact) mass is 318 g/mol. The summed E-state index contributed by atoms with van der Waals surface area (Å²) < 4.78 is 26.5. The van der Waals surface area contributed by atoms with Crippen LogP contribution in [0.2, 0.25) is 0 Å². The molecule has 0 fully saturated rings. The number of hydrogen-bond donors (Lipinski definition) is 3. The van der Waals surface area contributed by atoms with Crippen LogP contribution in [-0.2, 0) is 10.0 Å². The lowest BCUT2D eigenvalue weighted by atomic mass is 10.0. The number of rotatable bonds is 8. The maximum atomic E-state index is 12.0. The largest absolute Gasteiger partial charge is 0.398 e. The Hall–Kier alpha value is -0.760. The minimum absolute atomic E-state index is 0.0123. The third kappa shape index (κ3) is 5.32. The molecule has 0 heterocycles. The highest BCUT2D eigenvalue weighted by Gasteiger charge is 2.26. The number of hydrogen-bond acceptors (Lipinski definition) is 5. The van der Waals surface area contributed by atoms with Crippen molar-refractivity contribution < 1.29 is 13.5 Å². The SMILES string of the molecule is CCC(C)(CO)NS(=O)(=O)CCSc1ccccc1N. The van der Waals surface area contributed by atoms with Crippen LogP contribution in [0.25, 0.3) is 0 Å². The van der Waals surface area contributed by atoms with Crippen LogP contribution in [0.15, 0.2) is 29.2 Å². The number of aliphatic hydroxyl groups is 1. The first kappa shape index (κ1) is 17.3. The molecule has 0 aliphatic carbocycles. The molecule has 0 aliphatic rings. The number of nitrogen functional groups attached to an aromatic ring is 1. The van der Waals surface area contributed by atoms with E-state index in [1.54, 1.807) is 13.0 Å². The summed E-state index contributed by atoms with van der Waals surface area (Å²) in [5.74, 6) is 0.399. The first-order valence-electron chi connectivity index (χ1n) is 6.42. The fraction of sp³-hybridized carbons (Fsp3) is 0.538. The lowest BCUT2D eigenvalue weighted by Crippen LogP contribution is -2.49. The van der Waals surface area contributed by atoms with Crippen LogP contribution in [-0.4, -0.2) is 37.2 Å². The number of thioether (sulfide) groups is 1. The van der Waals surface area contributed by atoms with E-state index >= 15 is 0 Å².